The highest BCUT2D eigenvalue weighted by Gasteiger charge is 2.20. The Labute approximate surface area is 77.2 Å². The summed E-state index contributed by atoms with van der Waals surface area (Å²) in [5.74, 6) is 0. The van der Waals surface area contributed by atoms with Crippen molar-refractivity contribution in [1.82, 2.24) is 10.2 Å². The van der Waals surface area contributed by atoms with Crippen molar-refractivity contribution in [3.63, 3.8) is 0 Å². The number of thiophene rings is 1. The molecule has 66 valence electrons. The molecule has 1 aliphatic rings. The SMILES string of the molecule is CN1CCNCC1c1cccs1. The van der Waals surface area contributed by atoms with Gasteiger partial charge in [-0.25, -0.2) is 0 Å². The Bertz CT molecular complexity index is 233. The maximum absolute atomic E-state index is 3.42. The summed E-state index contributed by atoms with van der Waals surface area (Å²) >= 11 is 1.85. The Balaban J connectivity index is 2.11. The summed E-state index contributed by atoms with van der Waals surface area (Å²) in [6, 6.07) is 4.94. The minimum Gasteiger partial charge on any atom is -0.314 e. The Morgan fingerprint density at radius 2 is 2.58 bits per heavy atom. The average Bonchev–Trinajstić information content (AvgIpc) is 2.57. The van der Waals surface area contributed by atoms with Crippen molar-refractivity contribution in [3.8, 4) is 0 Å². The van der Waals surface area contributed by atoms with Crippen LogP contribution in [0, 0.1) is 0 Å². The fourth-order valence-corrected chi connectivity index (χ4v) is 2.50. The molecule has 0 bridgehead atoms. The van der Waals surface area contributed by atoms with Crippen molar-refractivity contribution in [1.29, 1.82) is 0 Å². The third kappa shape index (κ3) is 1.53. The zero-order chi connectivity index (χ0) is 8.39. The summed E-state index contributed by atoms with van der Waals surface area (Å²) in [4.78, 5) is 3.90. The van der Waals surface area contributed by atoms with Gasteiger partial charge in [-0.15, -0.1) is 11.3 Å². The molecule has 0 aliphatic carbocycles. The normalized spacial score (nSPS) is 25.9. The number of nitrogens with one attached hydrogen (secondary N) is 1. The summed E-state index contributed by atoms with van der Waals surface area (Å²) in [5, 5.41) is 5.57. The molecule has 0 saturated carbocycles. The molecule has 1 saturated heterocycles. The molecule has 1 atom stereocenters. The first-order chi connectivity index (χ1) is 5.88. The standard InChI is InChI=1S/C9H14N2S/c1-11-5-4-10-7-8(11)9-3-2-6-12-9/h2-3,6,8,10H,4-5,7H2,1H3. The monoisotopic (exact) mass is 182 g/mol. The molecule has 3 heteroatoms. The summed E-state index contributed by atoms with van der Waals surface area (Å²) in [6.07, 6.45) is 0. The van der Waals surface area contributed by atoms with Gasteiger partial charge in [0.2, 0.25) is 0 Å². The van der Waals surface area contributed by atoms with Crippen LogP contribution >= 0.6 is 11.3 Å². The molecule has 1 unspecified atom stereocenters. The van der Waals surface area contributed by atoms with Crippen LogP contribution < -0.4 is 5.32 Å². The minimum atomic E-state index is 0.596. The molecule has 1 aromatic heterocycles. The van der Waals surface area contributed by atoms with Crippen molar-refractivity contribution in [2.45, 2.75) is 6.04 Å². The molecular weight excluding hydrogens is 168 g/mol. The summed E-state index contributed by atoms with van der Waals surface area (Å²) in [7, 11) is 2.20. The molecule has 0 spiro atoms. The molecule has 12 heavy (non-hydrogen) atoms. The molecule has 2 heterocycles. The highest BCUT2D eigenvalue weighted by Crippen LogP contribution is 2.24. The molecule has 1 N–H and O–H groups in total. The summed E-state index contributed by atoms with van der Waals surface area (Å²) in [6.45, 7) is 3.37. The molecule has 2 rings (SSSR count). The van der Waals surface area contributed by atoms with Crippen LogP contribution in [0.25, 0.3) is 0 Å². The van der Waals surface area contributed by atoms with Gasteiger partial charge in [0.15, 0.2) is 0 Å². The predicted octanol–water partition coefficient (Wildman–Crippen LogP) is 1.32. The van der Waals surface area contributed by atoms with Crippen molar-refractivity contribution >= 4 is 11.3 Å². The zero-order valence-corrected chi connectivity index (χ0v) is 8.10. The quantitative estimate of drug-likeness (QED) is 0.705. The van der Waals surface area contributed by atoms with Gasteiger partial charge in [0, 0.05) is 24.5 Å². The minimum absolute atomic E-state index is 0.596. The zero-order valence-electron chi connectivity index (χ0n) is 7.29. The fraction of sp³-hybridized carbons (Fsp3) is 0.556. The van der Waals surface area contributed by atoms with Crippen LogP contribution in [-0.2, 0) is 0 Å². The van der Waals surface area contributed by atoms with E-state index in [2.05, 4.69) is 34.8 Å². The number of rotatable bonds is 1. The van der Waals surface area contributed by atoms with E-state index >= 15 is 0 Å². The van der Waals surface area contributed by atoms with E-state index in [1.165, 1.54) is 4.88 Å². The fourth-order valence-electron chi connectivity index (χ4n) is 1.60. The molecule has 1 aliphatic heterocycles. The van der Waals surface area contributed by atoms with Gasteiger partial charge >= 0.3 is 0 Å². The van der Waals surface area contributed by atoms with Crippen LogP contribution in [0.1, 0.15) is 10.9 Å². The molecule has 2 nitrogen and oxygen atoms in total. The maximum atomic E-state index is 3.42. The van der Waals surface area contributed by atoms with Gasteiger partial charge in [0.25, 0.3) is 0 Å². The van der Waals surface area contributed by atoms with Crippen LogP contribution in [0.3, 0.4) is 0 Å². The smallest absolute Gasteiger partial charge is 0.0564 e. The van der Waals surface area contributed by atoms with Gasteiger partial charge < -0.3 is 5.32 Å². The molecule has 1 fully saturated rings. The number of piperazine rings is 1. The van der Waals surface area contributed by atoms with Crippen LogP contribution in [0.5, 0.6) is 0 Å². The van der Waals surface area contributed by atoms with E-state index in [9.17, 15) is 0 Å². The molecule has 0 amide bonds. The van der Waals surface area contributed by atoms with Gasteiger partial charge in [-0.05, 0) is 18.5 Å². The van der Waals surface area contributed by atoms with Crippen LogP contribution in [0.4, 0.5) is 0 Å². The summed E-state index contributed by atoms with van der Waals surface area (Å²) < 4.78 is 0. The van der Waals surface area contributed by atoms with E-state index in [1.807, 2.05) is 11.3 Å². The Kier molecular flexibility index (Phi) is 2.44. The lowest BCUT2D eigenvalue weighted by Gasteiger charge is -2.32. The van der Waals surface area contributed by atoms with E-state index in [-0.39, 0.29) is 0 Å². The van der Waals surface area contributed by atoms with E-state index in [0.29, 0.717) is 6.04 Å². The van der Waals surface area contributed by atoms with Crippen LogP contribution in [-0.4, -0.2) is 31.6 Å². The molecule has 1 aromatic rings. The van der Waals surface area contributed by atoms with Crippen molar-refractivity contribution in [3.05, 3.63) is 22.4 Å². The van der Waals surface area contributed by atoms with E-state index in [0.717, 1.165) is 19.6 Å². The Morgan fingerprint density at radius 1 is 1.67 bits per heavy atom. The Morgan fingerprint density at radius 3 is 3.25 bits per heavy atom. The van der Waals surface area contributed by atoms with Crippen molar-refractivity contribution in [2.24, 2.45) is 0 Å². The number of hydrogen-bond donors (Lipinski definition) is 1. The largest absolute Gasteiger partial charge is 0.314 e. The third-order valence-electron chi connectivity index (χ3n) is 2.38. The highest BCUT2D eigenvalue weighted by molar-refractivity contribution is 7.10. The second kappa shape index (κ2) is 3.56. The second-order valence-electron chi connectivity index (χ2n) is 3.22. The summed E-state index contributed by atoms with van der Waals surface area (Å²) in [5.41, 5.74) is 0. The first kappa shape index (κ1) is 8.23. The van der Waals surface area contributed by atoms with Gasteiger partial charge in [0.1, 0.15) is 0 Å². The van der Waals surface area contributed by atoms with Gasteiger partial charge in [-0.2, -0.15) is 0 Å². The van der Waals surface area contributed by atoms with Crippen LogP contribution in [0.2, 0.25) is 0 Å². The van der Waals surface area contributed by atoms with Gasteiger partial charge in [-0.3, -0.25) is 4.90 Å². The lowest BCUT2D eigenvalue weighted by Crippen LogP contribution is -2.43. The van der Waals surface area contributed by atoms with Crippen molar-refractivity contribution in [2.75, 3.05) is 26.7 Å². The first-order valence-electron chi connectivity index (χ1n) is 4.32. The predicted molar refractivity (Wildman–Crippen MR) is 52.6 cm³/mol. The first-order valence-corrected chi connectivity index (χ1v) is 5.20. The van der Waals surface area contributed by atoms with Crippen LogP contribution in [0.15, 0.2) is 17.5 Å². The maximum Gasteiger partial charge on any atom is 0.0564 e. The van der Waals surface area contributed by atoms with Gasteiger partial charge in [-0.1, -0.05) is 6.07 Å². The Hall–Kier alpha value is -0.380. The second-order valence-corrected chi connectivity index (χ2v) is 4.20. The van der Waals surface area contributed by atoms with Gasteiger partial charge in [0.05, 0.1) is 6.04 Å². The number of likely N-dealkylation sites (N-methyl/N-ethyl adjacent to an activating group) is 1. The van der Waals surface area contributed by atoms with E-state index < -0.39 is 0 Å². The van der Waals surface area contributed by atoms with E-state index in [4.69, 9.17) is 0 Å². The topological polar surface area (TPSA) is 15.3 Å². The van der Waals surface area contributed by atoms with E-state index in [1.54, 1.807) is 0 Å². The number of hydrogen-bond acceptors (Lipinski definition) is 3. The molecule has 0 radical (unpaired) electrons. The molecule has 0 aromatic carbocycles. The third-order valence-corrected chi connectivity index (χ3v) is 3.36. The average molecular weight is 182 g/mol. The highest BCUT2D eigenvalue weighted by atomic mass is 32.1. The molecular formula is C9H14N2S. The lowest BCUT2D eigenvalue weighted by molar-refractivity contribution is 0.205. The van der Waals surface area contributed by atoms with Crippen molar-refractivity contribution < 1.29 is 0 Å². The lowest BCUT2D eigenvalue weighted by atomic mass is 10.2. The number of nitrogens with zero attached hydrogens (tertiary/aromatic N) is 1.